The molecule has 0 bridgehead atoms. The van der Waals surface area contributed by atoms with E-state index in [4.69, 9.17) is 0 Å². The van der Waals surface area contributed by atoms with Gasteiger partial charge in [0, 0.05) is 14.5 Å². The van der Waals surface area contributed by atoms with E-state index in [-0.39, 0.29) is 5.56 Å². The van der Waals surface area contributed by atoms with E-state index in [9.17, 15) is 9.50 Å². The number of aliphatic hydroxyl groups excluding tert-OH is 1. The molecule has 19 heavy (non-hydrogen) atoms. The molecule has 0 saturated carbocycles. The number of hydrogen-bond acceptors (Lipinski definition) is 1. The Morgan fingerprint density at radius 1 is 1.05 bits per heavy atom. The Bertz CT molecular complexity index is 603. The summed E-state index contributed by atoms with van der Waals surface area (Å²) in [5, 5.41) is 10.4. The molecule has 2 aromatic rings. The number of halogens is 3. The van der Waals surface area contributed by atoms with E-state index in [0.29, 0.717) is 5.56 Å². The first-order valence-electron chi connectivity index (χ1n) is 5.80. The molecular weight excluding hydrogens is 375 g/mol. The zero-order chi connectivity index (χ0) is 14.2. The van der Waals surface area contributed by atoms with Gasteiger partial charge in [-0.3, -0.25) is 0 Å². The average molecular weight is 388 g/mol. The van der Waals surface area contributed by atoms with Gasteiger partial charge in [0.25, 0.3) is 0 Å². The second-order valence-corrected chi connectivity index (χ2v) is 6.25. The van der Waals surface area contributed by atoms with E-state index in [1.807, 2.05) is 26.0 Å². The quantitative estimate of drug-likeness (QED) is 0.764. The van der Waals surface area contributed by atoms with Crippen molar-refractivity contribution in [2.75, 3.05) is 0 Å². The third-order valence-electron chi connectivity index (χ3n) is 3.03. The van der Waals surface area contributed by atoms with Crippen LogP contribution in [-0.4, -0.2) is 5.11 Å². The lowest BCUT2D eigenvalue weighted by Crippen LogP contribution is -2.04. The molecule has 0 spiro atoms. The Balaban J connectivity index is 2.49. The van der Waals surface area contributed by atoms with Gasteiger partial charge in [-0.25, -0.2) is 4.39 Å². The fourth-order valence-corrected chi connectivity index (χ4v) is 2.65. The summed E-state index contributed by atoms with van der Waals surface area (Å²) in [5.74, 6) is -0.408. The molecule has 4 heteroatoms. The van der Waals surface area contributed by atoms with Crippen molar-refractivity contribution in [2.45, 2.75) is 20.0 Å². The molecule has 0 aliphatic carbocycles. The molecule has 1 N–H and O–H groups in total. The molecule has 0 aliphatic heterocycles. The van der Waals surface area contributed by atoms with Crippen LogP contribution < -0.4 is 0 Å². The highest BCUT2D eigenvalue weighted by atomic mass is 79.9. The zero-order valence-corrected chi connectivity index (χ0v) is 13.7. The van der Waals surface area contributed by atoms with E-state index >= 15 is 0 Å². The Kier molecular flexibility index (Phi) is 4.43. The van der Waals surface area contributed by atoms with Gasteiger partial charge in [0.05, 0.1) is 0 Å². The Morgan fingerprint density at radius 3 is 2.21 bits per heavy atom. The van der Waals surface area contributed by atoms with Crippen LogP contribution in [0.4, 0.5) is 4.39 Å². The lowest BCUT2D eigenvalue weighted by Gasteiger charge is -2.15. The summed E-state index contributed by atoms with van der Waals surface area (Å²) in [5.41, 5.74) is 3.00. The van der Waals surface area contributed by atoms with Crippen LogP contribution in [0.2, 0.25) is 0 Å². The first-order valence-corrected chi connectivity index (χ1v) is 7.38. The first-order chi connectivity index (χ1) is 8.90. The number of aliphatic hydroxyl groups is 1. The van der Waals surface area contributed by atoms with Gasteiger partial charge >= 0.3 is 0 Å². The van der Waals surface area contributed by atoms with Crippen molar-refractivity contribution in [3.05, 3.63) is 67.3 Å². The van der Waals surface area contributed by atoms with Gasteiger partial charge in [-0.2, -0.15) is 0 Å². The van der Waals surface area contributed by atoms with E-state index in [1.165, 1.54) is 6.07 Å². The molecule has 1 nitrogen and oxygen atoms in total. The predicted molar refractivity (Wildman–Crippen MR) is 81.8 cm³/mol. The van der Waals surface area contributed by atoms with Gasteiger partial charge < -0.3 is 5.11 Å². The molecule has 0 heterocycles. The monoisotopic (exact) mass is 386 g/mol. The van der Waals surface area contributed by atoms with Crippen LogP contribution in [0.5, 0.6) is 0 Å². The van der Waals surface area contributed by atoms with Gasteiger partial charge in [-0.1, -0.05) is 44.0 Å². The lowest BCUT2D eigenvalue weighted by atomic mass is 9.97. The molecule has 2 aromatic carbocycles. The summed E-state index contributed by atoms with van der Waals surface area (Å²) >= 11 is 6.77. The second-order valence-electron chi connectivity index (χ2n) is 4.54. The lowest BCUT2D eigenvalue weighted by molar-refractivity contribution is 0.214. The average Bonchev–Trinajstić information content (AvgIpc) is 2.37. The van der Waals surface area contributed by atoms with Crippen molar-refractivity contribution in [1.29, 1.82) is 0 Å². The maximum absolute atomic E-state index is 13.8. The molecule has 0 aromatic heterocycles. The maximum Gasteiger partial charge on any atom is 0.129 e. The predicted octanol–water partition coefficient (Wildman–Crippen LogP) is 5.05. The number of rotatable bonds is 2. The minimum Gasteiger partial charge on any atom is -0.384 e. The van der Waals surface area contributed by atoms with Crippen molar-refractivity contribution in [3.63, 3.8) is 0 Å². The highest BCUT2D eigenvalue weighted by Crippen LogP contribution is 2.31. The van der Waals surface area contributed by atoms with Crippen LogP contribution >= 0.6 is 31.9 Å². The summed E-state index contributed by atoms with van der Waals surface area (Å²) in [6, 6.07) is 8.29. The molecule has 0 amide bonds. The summed E-state index contributed by atoms with van der Waals surface area (Å²) in [6.45, 7) is 3.90. The maximum atomic E-state index is 13.8. The van der Waals surface area contributed by atoms with E-state index < -0.39 is 11.9 Å². The molecule has 0 fully saturated rings. The standard InChI is InChI=1S/C15H13Br2FO/c1-8-5-10(6-9(2)14(8)17)15(19)12-7-11(16)3-4-13(12)18/h3-7,15,19H,1-2H3. The molecule has 0 radical (unpaired) electrons. The van der Waals surface area contributed by atoms with Crippen molar-refractivity contribution in [2.24, 2.45) is 0 Å². The summed E-state index contributed by atoms with van der Waals surface area (Å²) < 4.78 is 15.6. The molecule has 0 aliphatic rings. The highest BCUT2D eigenvalue weighted by molar-refractivity contribution is 9.10. The molecule has 2 rings (SSSR count). The van der Waals surface area contributed by atoms with Crippen molar-refractivity contribution < 1.29 is 9.50 Å². The Labute approximate surface area is 128 Å². The SMILES string of the molecule is Cc1cc(C(O)c2cc(Br)ccc2F)cc(C)c1Br. The summed E-state index contributed by atoms with van der Waals surface area (Å²) in [6.07, 6.45) is -0.969. The van der Waals surface area contributed by atoms with Crippen LogP contribution in [0, 0.1) is 19.7 Å². The van der Waals surface area contributed by atoms with Crippen LogP contribution in [0.25, 0.3) is 0 Å². The number of hydrogen-bond donors (Lipinski definition) is 1. The smallest absolute Gasteiger partial charge is 0.129 e. The molecule has 0 saturated heterocycles. The van der Waals surface area contributed by atoms with Gasteiger partial charge in [0.15, 0.2) is 0 Å². The van der Waals surface area contributed by atoms with E-state index in [0.717, 1.165) is 20.1 Å². The minimum atomic E-state index is -0.969. The van der Waals surface area contributed by atoms with Crippen molar-refractivity contribution >= 4 is 31.9 Å². The second kappa shape index (κ2) is 5.73. The molecule has 1 unspecified atom stereocenters. The van der Waals surface area contributed by atoms with Crippen molar-refractivity contribution in [3.8, 4) is 0 Å². The third kappa shape index (κ3) is 3.07. The van der Waals surface area contributed by atoms with Crippen molar-refractivity contribution in [1.82, 2.24) is 0 Å². The summed E-state index contributed by atoms with van der Waals surface area (Å²) in [4.78, 5) is 0. The Hall–Kier alpha value is -0.710. The zero-order valence-electron chi connectivity index (χ0n) is 10.5. The fraction of sp³-hybridized carbons (Fsp3) is 0.200. The molecular formula is C15H13Br2FO. The van der Waals surface area contributed by atoms with E-state index in [1.54, 1.807) is 12.1 Å². The summed E-state index contributed by atoms with van der Waals surface area (Å²) in [7, 11) is 0. The normalized spacial score (nSPS) is 12.5. The van der Waals surface area contributed by atoms with Crippen LogP contribution in [0.3, 0.4) is 0 Å². The highest BCUT2D eigenvalue weighted by Gasteiger charge is 2.17. The Morgan fingerprint density at radius 2 is 1.63 bits per heavy atom. The van der Waals surface area contributed by atoms with Crippen LogP contribution in [-0.2, 0) is 0 Å². The largest absolute Gasteiger partial charge is 0.384 e. The number of aryl methyl sites for hydroxylation is 2. The van der Waals surface area contributed by atoms with Crippen LogP contribution in [0.1, 0.15) is 28.4 Å². The number of benzene rings is 2. The first kappa shape index (κ1) is 14.7. The van der Waals surface area contributed by atoms with E-state index in [2.05, 4.69) is 31.9 Å². The van der Waals surface area contributed by atoms with Gasteiger partial charge in [-0.15, -0.1) is 0 Å². The van der Waals surface area contributed by atoms with Gasteiger partial charge in [0.2, 0.25) is 0 Å². The third-order valence-corrected chi connectivity index (χ3v) is 4.77. The molecule has 100 valence electrons. The minimum absolute atomic E-state index is 0.274. The molecule has 1 atom stereocenters. The fourth-order valence-electron chi connectivity index (χ4n) is 2.04. The van der Waals surface area contributed by atoms with Gasteiger partial charge in [0.1, 0.15) is 11.9 Å². The van der Waals surface area contributed by atoms with Crippen LogP contribution in [0.15, 0.2) is 39.3 Å². The topological polar surface area (TPSA) is 20.2 Å². The van der Waals surface area contributed by atoms with Gasteiger partial charge in [-0.05, 0) is 48.7 Å².